The molecule has 0 saturated heterocycles. The van der Waals surface area contributed by atoms with Gasteiger partial charge in [0.2, 0.25) is 0 Å². The van der Waals surface area contributed by atoms with Gasteiger partial charge in [-0.2, -0.15) is 0 Å². The van der Waals surface area contributed by atoms with Crippen LogP contribution in [0.5, 0.6) is 0 Å². The van der Waals surface area contributed by atoms with E-state index >= 15 is 0 Å². The lowest BCUT2D eigenvalue weighted by atomic mass is 9.96. The third-order valence-electron chi connectivity index (χ3n) is 2.14. The van der Waals surface area contributed by atoms with Gasteiger partial charge in [-0.3, -0.25) is 9.59 Å². The third-order valence-corrected chi connectivity index (χ3v) is 2.14. The van der Waals surface area contributed by atoms with E-state index in [2.05, 4.69) is 0 Å². The van der Waals surface area contributed by atoms with Gasteiger partial charge in [0.05, 0.1) is 0 Å². The Morgan fingerprint density at radius 3 is 2.23 bits per heavy atom. The number of nitrogens with two attached hydrogens (primary N) is 1. The molecule has 0 aliphatic heterocycles. The van der Waals surface area contributed by atoms with Crippen LogP contribution >= 0.6 is 0 Å². The van der Waals surface area contributed by atoms with Gasteiger partial charge >= 0.3 is 5.97 Å². The lowest BCUT2D eigenvalue weighted by Gasteiger charge is -2.11. The molecule has 0 bridgehead atoms. The molecular weight excluding hydrogens is 170 g/mol. The van der Waals surface area contributed by atoms with Gasteiger partial charge in [0.1, 0.15) is 11.7 Å². The van der Waals surface area contributed by atoms with E-state index in [0.29, 0.717) is 12.8 Å². The summed E-state index contributed by atoms with van der Waals surface area (Å²) >= 11 is 0. The Morgan fingerprint density at radius 2 is 1.92 bits per heavy atom. The van der Waals surface area contributed by atoms with E-state index in [4.69, 9.17) is 10.8 Å². The second-order valence-corrected chi connectivity index (χ2v) is 3.25. The van der Waals surface area contributed by atoms with Crippen molar-refractivity contribution in [2.24, 2.45) is 11.7 Å². The molecule has 0 aromatic carbocycles. The molecule has 4 heteroatoms. The van der Waals surface area contributed by atoms with Crippen molar-refractivity contribution in [1.29, 1.82) is 0 Å². The molecule has 0 fully saturated rings. The van der Waals surface area contributed by atoms with Crippen molar-refractivity contribution in [3.63, 3.8) is 0 Å². The number of aliphatic carboxylic acids is 1. The molecule has 0 spiro atoms. The van der Waals surface area contributed by atoms with Gasteiger partial charge < -0.3 is 10.8 Å². The first-order valence-electron chi connectivity index (χ1n) is 4.47. The molecule has 2 unspecified atom stereocenters. The maximum atomic E-state index is 10.9. The van der Waals surface area contributed by atoms with Crippen LogP contribution in [-0.2, 0) is 9.59 Å². The second-order valence-electron chi connectivity index (χ2n) is 3.25. The molecule has 76 valence electrons. The van der Waals surface area contributed by atoms with Crippen molar-refractivity contribution in [3.05, 3.63) is 0 Å². The van der Waals surface area contributed by atoms with Gasteiger partial charge in [-0.15, -0.1) is 0 Å². The summed E-state index contributed by atoms with van der Waals surface area (Å²) in [6, 6.07) is 0.00111. The van der Waals surface area contributed by atoms with Gasteiger partial charge in [-0.1, -0.05) is 6.92 Å². The van der Waals surface area contributed by atoms with E-state index < -0.39 is 11.9 Å². The van der Waals surface area contributed by atoms with Crippen molar-refractivity contribution >= 4 is 11.8 Å². The van der Waals surface area contributed by atoms with Gasteiger partial charge in [0.25, 0.3) is 0 Å². The largest absolute Gasteiger partial charge is 0.481 e. The normalized spacial score (nSPS) is 15.0. The molecule has 0 heterocycles. The minimum Gasteiger partial charge on any atom is -0.481 e. The summed E-state index contributed by atoms with van der Waals surface area (Å²) in [5, 5.41) is 8.67. The highest BCUT2D eigenvalue weighted by atomic mass is 16.4. The van der Waals surface area contributed by atoms with E-state index in [1.807, 2.05) is 6.92 Å². The van der Waals surface area contributed by atoms with E-state index in [0.717, 1.165) is 6.42 Å². The predicted molar refractivity (Wildman–Crippen MR) is 49.3 cm³/mol. The van der Waals surface area contributed by atoms with Crippen molar-refractivity contribution in [2.45, 2.75) is 39.2 Å². The molecule has 2 atom stereocenters. The van der Waals surface area contributed by atoms with Gasteiger partial charge in [-0.25, -0.2) is 0 Å². The molecule has 0 amide bonds. The average molecular weight is 187 g/mol. The quantitative estimate of drug-likeness (QED) is 0.602. The molecule has 3 N–H and O–H groups in total. The van der Waals surface area contributed by atoms with Crippen LogP contribution in [0.3, 0.4) is 0 Å². The zero-order valence-electron chi connectivity index (χ0n) is 8.12. The monoisotopic (exact) mass is 187 g/mol. The lowest BCUT2D eigenvalue weighted by molar-refractivity contribution is -0.146. The topological polar surface area (TPSA) is 80.4 Å². The molecule has 0 aromatic rings. The van der Waals surface area contributed by atoms with Crippen molar-refractivity contribution in [3.8, 4) is 0 Å². The minimum atomic E-state index is -1.05. The Bertz CT molecular complexity index is 177. The van der Waals surface area contributed by atoms with Gasteiger partial charge in [0.15, 0.2) is 0 Å². The summed E-state index contributed by atoms with van der Waals surface area (Å²) < 4.78 is 0. The first-order chi connectivity index (χ1) is 5.99. The van der Waals surface area contributed by atoms with Crippen LogP contribution in [0.4, 0.5) is 0 Å². The van der Waals surface area contributed by atoms with Crippen LogP contribution in [0.25, 0.3) is 0 Å². The average Bonchev–Trinajstić information content (AvgIpc) is 2.03. The molecule has 0 rings (SSSR count). The third kappa shape index (κ3) is 4.62. The van der Waals surface area contributed by atoms with E-state index in [9.17, 15) is 9.59 Å². The summed E-state index contributed by atoms with van der Waals surface area (Å²) in [6.45, 7) is 3.24. The smallest absolute Gasteiger partial charge is 0.314 e. The number of hydrogen-bond acceptors (Lipinski definition) is 3. The van der Waals surface area contributed by atoms with Crippen LogP contribution in [0.1, 0.15) is 33.1 Å². The van der Waals surface area contributed by atoms with E-state index in [1.54, 1.807) is 0 Å². The number of carboxylic acid groups (broad SMARTS) is 1. The van der Waals surface area contributed by atoms with Crippen LogP contribution in [-0.4, -0.2) is 22.9 Å². The highest BCUT2D eigenvalue weighted by molar-refractivity contribution is 5.96. The minimum absolute atomic E-state index is 0.00111. The van der Waals surface area contributed by atoms with Gasteiger partial charge in [-0.05, 0) is 26.2 Å². The summed E-state index contributed by atoms with van der Waals surface area (Å²) in [7, 11) is 0. The summed E-state index contributed by atoms with van der Waals surface area (Å²) in [5.74, 6) is -2.22. The molecule has 13 heavy (non-hydrogen) atoms. The molecule has 0 radical (unpaired) electrons. The molecule has 0 aliphatic carbocycles. The lowest BCUT2D eigenvalue weighted by Crippen LogP contribution is -2.26. The Balaban J connectivity index is 3.98. The summed E-state index contributed by atoms with van der Waals surface area (Å²) in [4.78, 5) is 21.4. The Kier molecular flexibility index (Phi) is 5.30. The van der Waals surface area contributed by atoms with Crippen LogP contribution in [0.15, 0.2) is 0 Å². The number of hydrogen-bond donors (Lipinski definition) is 2. The molecular formula is C9H17NO3. The highest BCUT2D eigenvalue weighted by Crippen LogP contribution is 2.10. The van der Waals surface area contributed by atoms with Crippen molar-refractivity contribution < 1.29 is 14.7 Å². The SMILES string of the molecule is CCC(N)CCC(C(C)=O)C(=O)O. The predicted octanol–water partition coefficient (Wildman–Crippen LogP) is 0.794. The maximum absolute atomic E-state index is 10.9. The van der Waals surface area contributed by atoms with Crippen LogP contribution in [0.2, 0.25) is 0 Å². The highest BCUT2D eigenvalue weighted by Gasteiger charge is 2.22. The standard InChI is InChI=1S/C9H17NO3/c1-3-7(10)4-5-8(6(2)11)9(12)13/h7-8H,3-5,10H2,1-2H3,(H,12,13). The molecule has 4 nitrogen and oxygen atoms in total. The van der Waals surface area contributed by atoms with E-state index in [1.165, 1.54) is 6.92 Å². The Labute approximate surface area is 78.1 Å². The number of carbonyl (C=O) groups is 2. The van der Waals surface area contributed by atoms with Crippen LogP contribution < -0.4 is 5.73 Å². The number of rotatable bonds is 6. The number of carbonyl (C=O) groups excluding carboxylic acids is 1. The number of Topliss-reactive ketones (excluding diaryl/α,β-unsaturated/α-hetero) is 1. The maximum Gasteiger partial charge on any atom is 0.314 e. The number of ketones is 1. The number of carboxylic acids is 1. The van der Waals surface area contributed by atoms with E-state index in [-0.39, 0.29) is 11.8 Å². The molecule has 0 aromatic heterocycles. The summed E-state index contributed by atoms with van der Waals surface area (Å²) in [5.41, 5.74) is 5.62. The summed E-state index contributed by atoms with van der Waals surface area (Å²) in [6.07, 6.45) is 1.75. The van der Waals surface area contributed by atoms with Crippen LogP contribution in [0, 0.1) is 5.92 Å². The van der Waals surface area contributed by atoms with Gasteiger partial charge in [0, 0.05) is 6.04 Å². The first-order valence-corrected chi connectivity index (χ1v) is 4.47. The Hall–Kier alpha value is -0.900. The Morgan fingerprint density at radius 1 is 1.38 bits per heavy atom. The fourth-order valence-corrected chi connectivity index (χ4v) is 1.09. The zero-order valence-corrected chi connectivity index (χ0v) is 8.12. The molecule has 0 aliphatic rings. The molecule has 0 saturated carbocycles. The first kappa shape index (κ1) is 12.1. The van der Waals surface area contributed by atoms with Crippen molar-refractivity contribution in [2.75, 3.05) is 0 Å². The fraction of sp³-hybridized carbons (Fsp3) is 0.778. The zero-order chi connectivity index (χ0) is 10.4. The van der Waals surface area contributed by atoms with Crippen molar-refractivity contribution in [1.82, 2.24) is 0 Å². The fourth-order valence-electron chi connectivity index (χ4n) is 1.09. The second kappa shape index (κ2) is 5.70.